The largest absolute Gasteiger partial charge is 0.360 e. The van der Waals surface area contributed by atoms with Crippen molar-refractivity contribution in [2.45, 2.75) is 0 Å². The summed E-state index contributed by atoms with van der Waals surface area (Å²) >= 11 is 10.2. The molecule has 4 nitrogen and oxygen atoms in total. The molecule has 0 bridgehead atoms. The van der Waals surface area contributed by atoms with Gasteiger partial charge in [0.25, 0.3) is 5.91 Å². The summed E-state index contributed by atoms with van der Waals surface area (Å²) in [4.78, 5) is 13.5. The van der Waals surface area contributed by atoms with E-state index in [0.717, 1.165) is 6.54 Å². The minimum Gasteiger partial charge on any atom is -0.360 e. The van der Waals surface area contributed by atoms with Gasteiger partial charge < -0.3 is 5.32 Å². The molecule has 1 aliphatic rings. The van der Waals surface area contributed by atoms with Crippen molar-refractivity contribution in [2.75, 3.05) is 13.1 Å². The zero-order valence-electron chi connectivity index (χ0n) is 8.97. The molecule has 88 valence electrons. The second-order valence-corrected chi connectivity index (χ2v) is 4.28. The average Bonchev–Trinajstić information content (AvgIpc) is 2.76. The third kappa shape index (κ3) is 2.78. The molecule has 2 rings (SSSR count). The number of carbonyl (C=O) groups excluding carboxylic acids is 1. The van der Waals surface area contributed by atoms with Crippen molar-refractivity contribution in [3.63, 3.8) is 0 Å². The third-order valence-corrected chi connectivity index (χ3v) is 3.05. The molecule has 1 aliphatic heterocycles. The molecule has 1 amide bonds. The Hall–Kier alpha value is -1.53. The molecule has 0 aromatic heterocycles. The highest BCUT2D eigenvalue weighted by Gasteiger charge is 2.21. The first-order chi connectivity index (χ1) is 8.18. The zero-order chi connectivity index (χ0) is 12.3. The zero-order valence-corrected chi connectivity index (χ0v) is 10.6. The Morgan fingerprint density at radius 2 is 2.06 bits per heavy atom. The van der Waals surface area contributed by atoms with Crippen LogP contribution in [0.2, 0.25) is 0 Å². The lowest BCUT2D eigenvalue weighted by Gasteiger charge is -2.17. The fraction of sp³-hybridized carbons (Fsp3) is 0.182. The molecule has 6 heteroatoms. The van der Waals surface area contributed by atoms with E-state index in [4.69, 9.17) is 24.4 Å². The molecular formula is C11H11N3OS2. The van der Waals surface area contributed by atoms with Crippen molar-refractivity contribution in [2.24, 2.45) is 0 Å². The van der Waals surface area contributed by atoms with Gasteiger partial charge in [-0.05, 0) is 36.6 Å². The summed E-state index contributed by atoms with van der Waals surface area (Å²) < 4.78 is 0. The van der Waals surface area contributed by atoms with Gasteiger partial charge in [0.2, 0.25) is 0 Å². The van der Waals surface area contributed by atoms with E-state index in [1.807, 2.05) is 6.07 Å². The molecule has 1 aromatic rings. The fourth-order valence-corrected chi connectivity index (χ4v) is 2.11. The fourth-order valence-electron chi connectivity index (χ4n) is 1.49. The summed E-state index contributed by atoms with van der Waals surface area (Å²) in [5.74, 6) is -0.217. The number of benzene rings is 1. The maximum atomic E-state index is 11.8. The molecule has 0 atom stereocenters. The molecule has 0 saturated carbocycles. The van der Waals surface area contributed by atoms with Crippen LogP contribution < -0.4 is 10.6 Å². The SMILES string of the molecule is O=C(NC(=S)N1CCNC1=S)c1ccccc1. The summed E-state index contributed by atoms with van der Waals surface area (Å²) in [5.41, 5.74) is 0.577. The first-order valence-corrected chi connectivity index (χ1v) is 5.96. The number of nitrogens with zero attached hydrogens (tertiary/aromatic N) is 1. The van der Waals surface area contributed by atoms with Crippen LogP contribution in [0.25, 0.3) is 0 Å². The van der Waals surface area contributed by atoms with Crippen molar-refractivity contribution < 1.29 is 4.79 Å². The van der Waals surface area contributed by atoms with Crippen molar-refractivity contribution in [3.8, 4) is 0 Å². The summed E-state index contributed by atoms with van der Waals surface area (Å²) in [6.45, 7) is 1.44. The van der Waals surface area contributed by atoms with Gasteiger partial charge in [-0.2, -0.15) is 0 Å². The van der Waals surface area contributed by atoms with E-state index in [1.54, 1.807) is 29.2 Å². The molecular weight excluding hydrogens is 254 g/mol. The van der Waals surface area contributed by atoms with E-state index in [0.29, 0.717) is 22.3 Å². The van der Waals surface area contributed by atoms with Gasteiger partial charge in [0, 0.05) is 18.7 Å². The number of hydrogen-bond acceptors (Lipinski definition) is 3. The van der Waals surface area contributed by atoms with Crippen LogP contribution in [0.1, 0.15) is 10.4 Å². The Bertz CT molecular complexity index is 461. The van der Waals surface area contributed by atoms with Gasteiger partial charge in [-0.15, -0.1) is 0 Å². The predicted octanol–water partition coefficient (Wildman–Crippen LogP) is 0.891. The third-order valence-electron chi connectivity index (χ3n) is 2.36. The lowest BCUT2D eigenvalue weighted by Crippen LogP contribution is -2.44. The highest BCUT2D eigenvalue weighted by Crippen LogP contribution is 2.01. The van der Waals surface area contributed by atoms with Gasteiger partial charge in [0.05, 0.1) is 0 Å². The molecule has 1 saturated heterocycles. The van der Waals surface area contributed by atoms with Crippen molar-refractivity contribution in [3.05, 3.63) is 35.9 Å². The van der Waals surface area contributed by atoms with Gasteiger partial charge in [-0.1, -0.05) is 18.2 Å². The van der Waals surface area contributed by atoms with E-state index < -0.39 is 0 Å². The van der Waals surface area contributed by atoms with Crippen LogP contribution in [-0.4, -0.2) is 34.1 Å². The quantitative estimate of drug-likeness (QED) is 0.738. The topological polar surface area (TPSA) is 44.4 Å². The minimum atomic E-state index is -0.217. The highest BCUT2D eigenvalue weighted by atomic mass is 32.1. The van der Waals surface area contributed by atoms with Crippen molar-refractivity contribution >= 4 is 40.6 Å². The van der Waals surface area contributed by atoms with Gasteiger partial charge in [-0.3, -0.25) is 15.0 Å². The molecule has 0 radical (unpaired) electrons. The summed E-state index contributed by atoms with van der Waals surface area (Å²) in [6, 6.07) is 8.94. The van der Waals surface area contributed by atoms with Crippen molar-refractivity contribution in [1.29, 1.82) is 0 Å². The van der Waals surface area contributed by atoms with E-state index in [9.17, 15) is 4.79 Å². The second-order valence-electron chi connectivity index (χ2n) is 3.51. The van der Waals surface area contributed by atoms with Gasteiger partial charge >= 0.3 is 0 Å². The normalized spacial score (nSPS) is 14.4. The van der Waals surface area contributed by atoms with Gasteiger partial charge in [-0.25, -0.2) is 0 Å². The monoisotopic (exact) mass is 265 g/mol. The molecule has 1 heterocycles. The second kappa shape index (κ2) is 5.20. The number of nitrogens with one attached hydrogen (secondary N) is 2. The average molecular weight is 265 g/mol. The van der Waals surface area contributed by atoms with E-state index in [2.05, 4.69) is 10.6 Å². The molecule has 1 fully saturated rings. The number of amides is 1. The number of rotatable bonds is 1. The Morgan fingerprint density at radius 1 is 1.35 bits per heavy atom. The maximum Gasteiger partial charge on any atom is 0.257 e. The van der Waals surface area contributed by atoms with Gasteiger partial charge in [0.1, 0.15) is 0 Å². The first-order valence-electron chi connectivity index (χ1n) is 5.14. The smallest absolute Gasteiger partial charge is 0.257 e. The van der Waals surface area contributed by atoms with Crippen molar-refractivity contribution in [1.82, 2.24) is 15.5 Å². The Labute approximate surface area is 110 Å². The van der Waals surface area contributed by atoms with Crippen LogP contribution in [0.4, 0.5) is 0 Å². The molecule has 2 N–H and O–H groups in total. The van der Waals surface area contributed by atoms with Gasteiger partial charge in [0.15, 0.2) is 10.2 Å². The molecule has 17 heavy (non-hydrogen) atoms. The van der Waals surface area contributed by atoms with Crippen LogP contribution in [0, 0.1) is 0 Å². The maximum absolute atomic E-state index is 11.8. The Balaban J connectivity index is 2.00. The number of thiocarbonyl (C=S) groups is 2. The van der Waals surface area contributed by atoms with Crippen LogP contribution in [0.3, 0.4) is 0 Å². The van der Waals surface area contributed by atoms with E-state index in [-0.39, 0.29) is 5.91 Å². The molecule has 0 aliphatic carbocycles. The standard InChI is InChI=1S/C11H11N3OS2/c15-9(8-4-2-1-3-5-8)13-11(17)14-7-6-12-10(14)16/h1-5H,6-7H2,(H,12,16)(H,13,15,17). The summed E-state index contributed by atoms with van der Waals surface area (Å²) in [6.07, 6.45) is 0. The van der Waals surface area contributed by atoms with E-state index in [1.165, 1.54) is 0 Å². The minimum absolute atomic E-state index is 0.217. The lowest BCUT2D eigenvalue weighted by molar-refractivity contribution is 0.0975. The molecule has 0 unspecified atom stereocenters. The molecule has 0 spiro atoms. The highest BCUT2D eigenvalue weighted by molar-refractivity contribution is 7.81. The molecule has 1 aromatic carbocycles. The Morgan fingerprint density at radius 3 is 2.65 bits per heavy atom. The predicted molar refractivity (Wildman–Crippen MR) is 73.8 cm³/mol. The Kier molecular flexibility index (Phi) is 3.65. The van der Waals surface area contributed by atoms with E-state index >= 15 is 0 Å². The van der Waals surface area contributed by atoms with Crippen LogP contribution in [0.15, 0.2) is 30.3 Å². The van der Waals surface area contributed by atoms with Crippen LogP contribution in [0.5, 0.6) is 0 Å². The number of hydrogen-bond donors (Lipinski definition) is 2. The number of carbonyl (C=O) groups is 1. The lowest BCUT2D eigenvalue weighted by atomic mass is 10.2. The first kappa shape index (κ1) is 11.9. The summed E-state index contributed by atoms with van der Waals surface area (Å²) in [5, 5.41) is 6.54. The van der Waals surface area contributed by atoms with Crippen LogP contribution in [-0.2, 0) is 0 Å². The van der Waals surface area contributed by atoms with Crippen LogP contribution >= 0.6 is 24.4 Å². The summed E-state index contributed by atoms with van der Waals surface area (Å²) in [7, 11) is 0.